The molecule has 1 atom stereocenters. The Balaban J connectivity index is 4.33. The van der Waals surface area contributed by atoms with Gasteiger partial charge in [0.1, 0.15) is 5.54 Å². The predicted molar refractivity (Wildman–Crippen MR) is 54.7 cm³/mol. The Hall–Kier alpha value is -0.580. The molecule has 0 radical (unpaired) electrons. The Bertz CT molecular complexity index is 214. The summed E-state index contributed by atoms with van der Waals surface area (Å²) in [6.45, 7) is 5.01. The number of rotatable bonds is 3. The third-order valence-corrected chi connectivity index (χ3v) is 2.01. The fraction of sp³-hybridized carbons (Fsp3) is 0.750. The Labute approximate surface area is 86.6 Å². The average molecular weight is 251 g/mol. The third kappa shape index (κ3) is 3.76. The molecular formula is C8H15BrN2O2. The van der Waals surface area contributed by atoms with Crippen LogP contribution >= 0.6 is 15.9 Å². The number of carbonyl (C=O) groups is 2. The number of amides is 2. The van der Waals surface area contributed by atoms with Gasteiger partial charge in [-0.15, -0.1) is 0 Å². The van der Waals surface area contributed by atoms with Crippen LogP contribution in [0.25, 0.3) is 0 Å². The lowest BCUT2D eigenvalue weighted by atomic mass is 10.0. The van der Waals surface area contributed by atoms with Gasteiger partial charge in [-0.1, -0.05) is 15.9 Å². The van der Waals surface area contributed by atoms with Crippen molar-refractivity contribution in [2.24, 2.45) is 0 Å². The normalized spacial score (nSPS) is 13.3. The predicted octanol–water partition coefficient (Wildman–Crippen LogP) is 0.411. The molecule has 0 bridgehead atoms. The van der Waals surface area contributed by atoms with Crippen LogP contribution in [-0.4, -0.2) is 29.2 Å². The van der Waals surface area contributed by atoms with Crippen LogP contribution < -0.4 is 10.6 Å². The molecule has 0 rings (SSSR count). The lowest BCUT2D eigenvalue weighted by Gasteiger charge is -2.24. The Kier molecular flexibility index (Phi) is 4.39. The largest absolute Gasteiger partial charge is 0.357 e. The van der Waals surface area contributed by atoms with Crippen molar-refractivity contribution in [3.8, 4) is 0 Å². The van der Waals surface area contributed by atoms with Crippen molar-refractivity contribution >= 4 is 27.7 Å². The topological polar surface area (TPSA) is 58.2 Å². The Morgan fingerprint density at radius 1 is 1.38 bits per heavy atom. The SMILES string of the molecule is CNC(=O)C(C)(C)NC(=O)C(C)Br. The molecule has 0 aliphatic heterocycles. The van der Waals surface area contributed by atoms with E-state index >= 15 is 0 Å². The zero-order chi connectivity index (χ0) is 10.6. The van der Waals surface area contributed by atoms with Gasteiger partial charge >= 0.3 is 0 Å². The molecule has 0 aliphatic carbocycles. The maximum atomic E-state index is 11.3. The zero-order valence-corrected chi connectivity index (χ0v) is 9.86. The van der Waals surface area contributed by atoms with Crippen LogP contribution in [0.5, 0.6) is 0 Å². The van der Waals surface area contributed by atoms with Crippen molar-refractivity contribution in [2.45, 2.75) is 31.1 Å². The quantitative estimate of drug-likeness (QED) is 0.714. The molecule has 2 N–H and O–H groups in total. The van der Waals surface area contributed by atoms with Crippen molar-refractivity contribution in [1.29, 1.82) is 0 Å². The van der Waals surface area contributed by atoms with E-state index in [0.29, 0.717) is 0 Å². The molecule has 0 aliphatic rings. The van der Waals surface area contributed by atoms with Gasteiger partial charge in [-0.05, 0) is 20.8 Å². The molecule has 4 nitrogen and oxygen atoms in total. The summed E-state index contributed by atoms with van der Waals surface area (Å²) in [5, 5.41) is 5.09. The minimum absolute atomic E-state index is 0.200. The molecular weight excluding hydrogens is 236 g/mol. The van der Waals surface area contributed by atoms with E-state index in [0.717, 1.165) is 0 Å². The lowest BCUT2D eigenvalue weighted by molar-refractivity contribution is -0.131. The first-order chi connectivity index (χ1) is 5.81. The average Bonchev–Trinajstić information content (AvgIpc) is 2.01. The molecule has 0 saturated heterocycles. The van der Waals surface area contributed by atoms with E-state index in [9.17, 15) is 9.59 Å². The summed E-state index contributed by atoms with van der Waals surface area (Å²) in [6.07, 6.45) is 0. The number of halogens is 1. The molecule has 76 valence electrons. The summed E-state index contributed by atoms with van der Waals surface area (Å²) in [5.41, 5.74) is -0.867. The second-order valence-electron chi connectivity index (χ2n) is 3.31. The summed E-state index contributed by atoms with van der Waals surface area (Å²) in [4.78, 5) is 22.2. The zero-order valence-electron chi connectivity index (χ0n) is 8.27. The molecule has 0 fully saturated rings. The van der Waals surface area contributed by atoms with Crippen LogP contribution in [0.1, 0.15) is 20.8 Å². The molecule has 5 heteroatoms. The molecule has 13 heavy (non-hydrogen) atoms. The van der Waals surface area contributed by atoms with Crippen molar-refractivity contribution in [3.05, 3.63) is 0 Å². The van der Waals surface area contributed by atoms with E-state index in [2.05, 4.69) is 26.6 Å². The van der Waals surface area contributed by atoms with Crippen molar-refractivity contribution < 1.29 is 9.59 Å². The molecule has 0 aromatic carbocycles. The van der Waals surface area contributed by atoms with Crippen LogP contribution in [0, 0.1) is 0 Å². The standard InChI is InChI=1S/C8H15BrN2O2/c1-5(9)6(12)11-8(2,3)7(13)10-4/h5H,1-4H3,(H,10,13)(H,11,12). The van der Waals surface area contributed by atoms with Gasteiger partial charge in [0.05, 0.1) is 4.83 Å². The van der Waals surface area contributed by atoms with Gasteiger partial charge in [-0.2, -0.15) is 0 Å². The van der Waals surface area contributed by atoms with Crippen molar-refractivity contribution in [2.75, 3.05) is 7.05 Å². The van der Waals surface area contributed by atoms with Gasteiger partial charge in [-0.25, -0.2) is 0 Å². The molecule has 1 unspecified atom stereocenters. The van der Waals surface area contributed by atoms with E-state index in [-0.39, 0.29) is 16.6 Å². The van der Waals surface area contributed by atoms with Crippen LogP contribution in [-0.2, 0) is 9.59 Å². The smallest absolute Gasteiger partial charge is 0.244 e. The number of nitrogens with one attached hydrogen (secondary N) is 2. The second kappa shape index (κ2) is 4.60. The van der Waals surface area contributed by atoms with E-state index in [1.54, 1.807) is 20.8 Å². The van der Waals surface area contributed by atoms with Gasteiger partial charge in [0.25, 0.3) is 0 Å². The maximum Gasteiger partial charge on any atom is 0.244 e. The first-order valence-corrected chi connectivity index (χ1v) is 4.91. The number of carbonyl (C=O) groups excluding carboxylic acids is 2. The van der Waals surface area contributed by atoms with E-state index in [1.165, 1.54) is 7.05 Å². The van der Waals surface area contributed by atoms with E-state index in [4.69, 9.17) is 0 Å². The van der Waals surface area contributed by atoms with E-state index < -0.39 is 5.54 Å². The second-order valence-corrected chi connectivity index (χ2v) is 4.68. The number of alkyl halides is 1. The fourth-order valence-electron chi connectivity index (χ4n) is 0.777. The fourth-order valence-corrected chi connectivity index (χ4v) is 0.891. The van der Waals surface area contributed by atoms with E-state index in [1.807, 2.05) is 0 Å². The van der Waals surface area contributed by atoms with Gasteiger partial charge in [0.2, 0.25) is 11.8 Å². The van der Waals surface area contributed by atoms with Crippen molar-refractivity contribution in [3.63, 3.8) is 0 Å². The summed E-state index contributed by atoms with van der Waals surface area (Å²) in [5.74, 6) is -0.414. The van der Waals surface area contributed by atoms with Gasteiger partial charge < -0.3 is 10.6 Å². The molecule has 0 aromatic rings. The van der Waals surface area contributed by atoms with Crippen LogP contribution in [0.4, 0.5) is 0 Å². The molecule has 0 spiro atoms. The minimum Gasteiger partial charge on any atom is -0.357 e. The van der Waals surface area contributed by atoms with Crippen LogP contribution in [0.2, 0.25) is 0 Å². The highest BCUT2D eigenvalue weighted by Gasteiger charge is 2.29. The first-order valence-electron chi connectivity index (χ1n) is 3.99. The maximum absolute atomic E-state index is 11.3. The molecule has 0 heterocycles. The van der Waals surface area contributed by atoms with Gasteiger partial charge in [0, 0.05) is 7.05 Å². The minimum atomic E-state index is -0.867. The first kappa shape index (κ1) is 12.4. The van der Waals surface area contributed by atoms with Crippen molar-refractivity contribution in [1.82, 2.24) is 10.6 Å². The highest BCUT2D eigenvalue weighted by Crippen LogP contribution is 2.05. The Morgan fingerprint density at radius 2 is 1.85 bits per heavy atom. The third-order valence-electron chi connectivity index (χ3n) is 1.59. The molecule has 2 amide bonds. The highest BCUT2D eigenvalue weighted by atomic mass is 79.9. The number of hydrogen-bond donors (Lipinski definition) is 2. The monoisotopic (exact) mass is 250 g/mol. The highest BCUT2D eigenvalue weighted by molar-refractivity contribution is 9.10. The number of likely N-dealkylation sites (N-methyl/N-ethyl adjacent to an activating group) is 1. The van der Waals surface area contributed by atoms with Crippen LogP contribution in [0.3, 0.4) is 0 Å². The summed E-state index contributed by atoms with van der Waals surface area (Å²) in [6, 6.07) is 0. The molecule has 0 saturated carbocycles. The summed E-state index contributed by atoms with van der Waals surface area (Å²) in [7, 11) is 1.54. The van der Waals surface area contributed by atoms with Gasteiger partial charge in [-0.3, -0.25) is 9.59 Å². The Morgan fingerprint density at radius 3 is 2.15 bits per heavy atom. The van der Waals surface area contributed by atoms with Crippen LogP contribution in [0.15, 0.2) is 0 Å². The molecule has 0 aromatic heterocycles. The summed E-state index contributed by atoms with van der Waals surface area (Å²) >= 11 is 3.12. The lowest BCUT2D eigenvalue weighted by Crippen LogP contribution is -2.55. The number of hydrogen-bond acceptors (Lipinski definition) is 2. The summed E-state index contributed by atoms with van der Waals surface area (Å²) < 4.78 is 0. The van der Waals surface area contributed by atoms with Gasteiger partial charge in [0.15, 0.2) is 0 Å².